The Morgan fingerprint density at radius 1 is 1.55 bits per heavy atom. The summed E-state index contributed by atoms with van der Waals surface area (Å²) in [6.07, 6.45) is 2.63. The predicted octanol–water partition coefficient (Wildman–Crippen LogP) is 2.57. The van der Waals surface area contributed by atoms with Crippen LogP contribution in [0.4, 0.5) is 0 Å². The van der Waals surface area contributed by atoms with Crippen LogP contribution in [-0.4, -0.2) is 25.4 Å². The number of nitrogens with one attached hydrogen (secondary N) is 1. The molecule has 2 unspecified atom stereocenters. The van der Waals surface area contributed by atoms with Gasteiger partial charge in [-0.05, 0) is 43.0 Å². The predicted molar refractivity (Wildman–Crippen MR) is 83.9 cm³/mol. The van der Waals surface area contributed by atoms with Crippen LogP contribution in [0.3, 0.4) is 0 Å². The monoisotopic (exact) mass is 342 g/mol. The summed E-state index contributed by atoms with van der Waals surface area (Å²) in [5.74, 6) is 6.78. The first kappa shape index (κ1) is 15.8. The van der Waals surface area contributed by atoms with E-state index in [0.717, 1.165) is 36.1 Å². The molecule has 0 amide bonds. The first-order valence-corrected chi connectivity index (χ1v) is 7.78. The second-order valence-corrected chi connectivity index (χ2v) is 6.36. The number of hydrogen-bond acceptors (Lipinski definition) is 4. The van der Waals surface area contributed by atoms with Crippen molar-refractivity contribution in [2.75, 3.05) is 13.7 Å². The maximum atomic E-state index is 5.78. The van der Waals surface area contributed by atoms with E-state index in [9.17, 15) is 0 Å². The quantitative estimate of drug-likeness (QED) is 0.616. The molecule has 2 atom stereocenters. The summed E-state index contributed by atoms with van der Waals surface area (Å²) in [7, 11) is 1.73. The van der Waals surface area contributed by atoms with E-state index in [2.05, 4.69) is 47.3 Å². The lowest BCUT2D eigenvalue weighted by molar-refractivity contribution is -0.0289. The van der Waals surface area contributed by atoms with Gasteiger partial charge in [0.1, 0.15) is 5.75 Å². The molecule has 0 fully saturated rings. The van der Waals surface area contributed by atoms with Gasteiger partial charge in [-0.2, -0.15) is 0 Å². The van der Waals surface area contributed by atoms with Crippen molar-refractivity contribution in [3.63, 3.8) is 0 Å². The summed E-state index contributed by atoms with van der Waals surface area (Å²) < 4.78 is 12.5. The van der Waals surface area contributed by atoms with Gasteiger partial charge in [0.15, 0.2) is 0 Å². The number of methoxy groups -OCH3 is 1. The average molecular weight is 343 g/mol. The van der Waals surface area contributed by atoms with E-state index in [1.165, 1.54) is 11.1 Å². The zero-order chi connectivity index (χ0) is 14.8. The van der Waals surface area contributed by atoms with Gasteiger partial charge in [-0.3, -0.25) is 11.3 Å². The number of halogens is 1. The molecule has 1 heterocycles. The van der Waals surface area contributed by atoms with Gasteiger partial charge in [0.05, 0.1) is 18.2 Å². The summed E-state index contributed by atoms with van der Waals surface area (Å²) in [4.78, 5) is 0. The van der Waals surface area contributed by atoms with Gasteiger partial charge in [-0.25, -0.2) is 0 Å². The smallest absolute Gasteiger partial charge is 0.125 e. The van der Waals surface area contributed by atoms with E-state index < -0.39 is 0 Å². The van der Waals surface area contributed by atoms with Gasteiger partial charge < -0.3 is 9.47 Å². The maximum Gasteiger partial charge on any atom is 0.125 e. The molecule has 0 aromatic heterocycles. The minimum Gasteiger partial charge on any atom is -0.493 e. The van der Waals surface area contributed by atoms with Crippen molar-refractivity contribution in [1.82, 2.24) is 5.43 Å². The molecule has 2 rings (SSSR count). The summed E-state index contributed by atoms with van der Waals surface area (Å²) in [6.45, 7) is 4.95. The Bertz CT molecular complexity index is 475. The lowest BCUT2D eigenvalue weighted by Crippen LogP contribution is -2.53. The van der Waals surface area contributed by atoms with Gasteiger partial charge in [0.25, 0.3) is 0 Å². The third-order valence-corrected chi connectivity index (χ3v) is 4.81. The molecule has 0 saturated carbocycles. The molecule has 3 N–H and O–H groups in total. The maximum absolute atomic E-state index is 5.78. The summed E-state index contributed by atoms with van der Waals surface area (Å²) in [6, 6.07) is 4.27. The lowest BCUT2D eigenvalue weighted by atomic mass is 9.88. The van der Waals surface area contributed by atoms with Crippen LogP contribution in [0.5, 0.6) is 5.75 Å². The van der Waals surface area contributed by atoms with Gasteiger partial charge in [0.2, 0.25) is 0 Å². The van der Waals surface area contributed by atoms with Gasteiger partial charge in [-0.1, -0.05) is 22.9 Å². The van der Waals surface area contributed by atoms with Crippen LogP contribution in [0, 0.1) is 0 Å². The molecule has 1 aromatic rings. The fourth-order valence-corrected chi connectivity index (χ4v) is 3.25. The largest absolute Gasteiger partial charge is 0.493 e. The van der Waals surface area contributed by atoms with Crippen LogP contribution in [0.25, 0.3) is 0 Å². The Kier molecular flexibility index (Phi) is 5.07. The molecular weight excluding hydrogens is 320 g/mol. The fraction of sp³-hybridized carbons (Fsp3) is 0.600. The molecule has 112 valence electrons. The topological polar surface area (TPSA) is 56.5 Å². The van der Waals surface area contributed by atoms with Crippen LogP contribution < -0.4 is 16.0 Å². The number of rotatable bonds is 6. The summed E-state index contributed by atoms with van der Waals surface area (Å²) in [5, 5.41) is 0. The zero-order valence-corrected chi connectivity index (χ0v) is 13.9. The molecule has 1 aromatic carbocycles. The SMILES string of the molecule is CCC(C)(OC)C(Cc1cc(Br)cc2c1OCC2)NN. The standard InChI is InChI=1S/C15H23BrN2O2/c1-4-15(2,19-3)13(18-17)9-11-8-12(16)7-10-5-6-20-14(10)11/h7-8,13,18H,4-6,9,17H2,1-3H3. The molecule has 0 spiro atoms. The third-order valence-electron chi connectivity index (χ3n) is 4.36. The molecular formula is C15H23BrN2O2. The molecule has 20 heavy (non-hydrogen) atoms. The van der Waals surface area contributed by atoms with E-state index in [1.807, 2.05) is 0 Å². The van der Waals surface area contributed by atoms with Crippen molar-refractivity contribution in [1.29, 1.82) is 0 Å². The second kappa shape index (κ2) is 6.43. The molecule has 0 aliphatic carbocycles. The first-order chi connectivity index (χ1) is 9.54. The van der Waals surface area contributed by atoms with Crippen molar-refractivity contribution < 1.29 is 9.47 Å². The van der Waals surface area contributed by atoms with Crippen LogP contribution in [0.2, 0.25) is 0 Å². The minimum absolute atomic E-state index is 0.0279. The molecule has 5 heteroatoms. The van der Waals surface area contributed by atoms with E-state index in [1.54, 1.807) is 7.11 Å². The van der Waals surface area contributed by atoms with Crippen molar-refractivity contribution in [3.05, 3.63) is 27.7 Å². The number of ether oxygens (including phenoxy) is 2. The Morgan fingerprint density at radius 3 is 2.90 bits per heavy atom. The summed E-state index contributed by atoms with van der Waals surface area (Å²) >= 11 is 3.57. The minimum atomic E-state index is -0.303. The molecule has 1 aliphatic heterocycles. The summed E-state index contributed by atoms with van der Waals surface area (Å²) in [5.41, 5.74) is 5.04. The lowest BCUT2D eigenvalue weighted by Gasteiger charge is -2.35. The molecule has 0 saturated heterocycles. The normalized spacial score (nSPS) is 18.2. The van der Waals surface area contributed by atoms with Gasteiger partial charge in [-0.15, -0.1) is 0 Å². The molecule has 1 aliphatic rings. The Balaban J connectivity index is 2.29. The van der Waals surface area contributed by atoms with Crippen LogP contribution >= 0.6 is 15.9 Å². The molecule has 0 radical (unpaired) electrons. The number of nitrogens with two attached hydrogens (primary N) is 1. The Hall–Kier alpha value is -0.620. The number of fused-ring (bicyclic) bond motifs is 1. The molecule has 4 nitrogen and oxygen atoms in total. The Morgan fingerprint density at radius 2 is 2.30 bits per heavy atom. The van der Waals surface area contributed by atoms with Crippen LogP contribution in [0.1, 0.15) is 31.4 Å². The van der Waals surface area contributed by atoms with E-state index in [4.69, 9.17) is 15.3 Å². The number of benzene rings is 1. The highest BCUT2D eigenvalue weighted by atomic mass is 79.9. The van der Waals surface area contributed by atoms with Crippen LogP contribution in [0.15, 0.2) is 16.6 Å². The number of hydrogen-bond donors (Lipinski definition) is 2. The van der Waals surface area contributed by atoms with Gasteiger partial charge >= 0.3 is 0 Å². The van der Waals surface area contributed by atoms with Crippen molar-refractivity contribution in [2.24, 2.45) is 5.84 Å². The van der Waals surface area contributed by atoms with Gasteiger partial charge in [0, 0.05) is 18.0 Å². The molecule has 0 bridgehead atoms. The van der Waals surface area contributed by atoms with E-state index >= 15 is 0 Å². The fourth-order valence-electron chi connectivity index (χ4n) is 2.70. The van der Waals surface area contributed by atoms with E-state index in [0.29, 0.717) is 0 Å². The average Bonchev–Trinajstić information content (AvgIpc) is 2.91. The highest BCUT2D eigenvalue weighted by Gasteiger charge is 2.33. The highest BCUT2D eigenvalue weighted by molar-refractivity contribution is 9.10. The third kappa shape index (κ3) is 3.01. The van der Waals surface area contributed by atoms with Crippen molar-refractivity contribution in [2.45, 2.75) is 44.8 Å². The zero-order valence-electron chi connectivity index (χ0n) is 12.3. The second-order valence-electron chi connectivity index (χ2n) is 5.45. The van der Waals surface area contributed by atoms with E-state index in [-0.39, 0.29) is 11.6 Å². The van der Waals surface area contributed by atoms with Crippen molar-refractivity contribution in [3.8, 4) is 5.75 Å². The Labute approximate surface area is 129 Å². The highest BCUT2D eigenvalue weighted by Crippen LogP contribution is 2.35. The van der Waals surface area contributed by atoms with Crippen molar-refractivity contribution >= 4 is 15.9 Å². The number of hydrazine groups is 1. The first-order valence-electron chi connectivity index (χ1n) is 6.99. The van der Waals surface area contributed by atoms with Crippen LogP contribution in [-0.2, 0) is 17.6 Å².